The van der Waals surface area contributed by atoms with E-state index < -0.39 is 5.41 Å². The predicted molar refractivity (Wildman–Crippen MR) is 74.9 cm³/mol. The summed E-state index contributed by atoms with van der Waals surface area (Å²) in [5.74, 6) is 0.380. The Morgan fingerprint density at radius 2 is 1.83 bits per heavy atom. The number of carbonyl (C=O) groups is 1. The first-order valence-electron chi connectivity index (χ1n) is 6.49. The molecule has 1 N–H and O–H groups in total. The number of carbonyl (C=O) groups excluding carboxylic acids is 1. The van der Waals surface area contributed by atoms with Crippen LogP contribution in [0.2, 0.25) is 0 Å². The summed E-state index contributed by atoms with van der Waals surface area (Å²) in [6.45, 7) is 8.66. The van der Waals surface area contributed by atoms with E-state index in [9.17, 15) is 4.79 Å². The first kappa shape index (κ1) is 14.6. The van der Waals surface area contributed by atoms with Crippen LogP contribution < -0.4 is 10.1 Å². The quantitative estimate of drug-likeness (QED) is 0.489. The summed E-state index contributed by atoms with van der Waals surface area (Å²) >= 11 is 0. The van der Waals surface area contributed by atoms with E-state index in [1.165, 1.54) is 6.42 Å². The van der Waals surface area contributed by atoms with E-state index in [2.05, 4.69) is 12.2 Å². The minimum absolute atomic E-state index is 0.214. The highest BCUT2D eigenvalue weighted by molar-refractivity contribution is 5.77. The molecule has 3 nitrogen and oxygen atoms in total. The molecule has 1 aromatic carbocycles. The van der Waals surface area contributed by atoms with Gasteiger partial charge in [0.1, 0.15) is 5.75 Å². The number of esters is 1. The topological polar surface area (TPSA) is 38.3 Å². The fourth-order valence-electron chi connectivity index (χ4n) is 1.31. The summed E-state index contributed by atoms with van der Waals surface area (Å²) in [5, 5.41) is 3.32. The van der Waals surface area contributed by atoms with Crippen LogP contribution in [0, 0.1) is 5.41 Å². The van der Waals surface area contributed by atoms with Crippen LogP contribution in [0.3, 0.4) is 0 Å². The van der Waals surface area contributed by atoms with Gasteiger partial charge >= 0.3 is 5.97 Å². The molecule has 0 aliphatic heterocycles. The number of rotatable bonds is 5. The van der Waals surface area contributed by atoms with Gasteiger partial charge in [0.25, 0.3) is 0 Å². The molecule has 0 saturated heterocycles. The molecule has 3 heteroatoms. The third-order valence-electron chi connectivity index (χ3n) is 2.54. The number of ether oxygens (including phenoxy) is 1. The van der Waals surface area contributed by atoms with Gasteiger partial charge in [-0.25, -0.2) is 0 Å². The van der Waals surface area contributed by atoms with Gasteiger partial charge in [0.05, 0.1) is 5.41 Å². The van der Waals surface area contributed by atoms with Crippen LogP contribution in [0.4, 0.5) is 5.69 Å². The van der Waals surface area contributed by atoms with E-state index in [0.717, 1.165) is 18.7 Å². The van der Waals surface area contributed by atoms with Crippen molar-refractivity contribution in [2.75, 3.05) is 11.9 Å². The Bertz CT molecular complexity index is 376. The summed E-state index contributed by atoms with van der Waals surface area (Å²) in [6.07, 6.45) is 2.33. The average Bonchev–Trinajstić information content (AvgIpc) is 2.30. The maximum absolute atomic E-state index is 11.7. The summed E-state index contributed by atoms with van der Waals surface area (Å²) in [6, 6.07) is 7.50. The largest absolute Gasteiger partial charge is 0.426 e. The molecule has 0 heterocycles. The number of nitrogens with one attached hydrogen (secondary N) is 1. The van der Waals surface area contributed by atoms with Crippen molar-refractivity contribution < 1.29 is 9.53 Å². The molecule has 1 rings (SSSR count). The third kappa shape index (κ3) is 4.78. The van der Waals surface area contributed by atoms with Gasteiger partial charge in [-0.1, -0.05) is 13.3 Å². The Balaban J connectivity index is 2.53. The number of anilines is 1. The highest BCUT2D eigenvalue weighted by atomic mass is 16.5. The summed E-state index contributed by atoms with van der Waals surface area (Å²) in [5.41, 5.74) is 0.580. The van der Waals surface area contributed by atoms with Crippen molar-refractivity contribution in [1.29, 1.82) is 0 Å². The van der Waals surface area contributed by atoms with Crippen molar-refractivity contribution in [3.8, 4) is 5.75 Å². The Kier molecular flexibility index (Phi) is 5.20. The van der Waals surface area contributed by atoms with Gasteiger partial charge in [-0.3, -0.25) is 4.79 Å². The van der Waals surface area contributed by atoms with Gasteiger partial charge < -0.3 is 10.1 Å². The second kappa shape index (κ2) is 6.43. The van der Waals surface area contributed by atoms with E-state index in [-0.39, 0.29) is 5.97 Å². The van der Waals surface area contributed by atoms with Crippen molar-refractivity contribution >= 4 is 11.7 Å². The highest BCUT2D eigenvalue weighted by Crippen LogP contribution is 2.21. The Hall–Kier alpha value is -1.51. The number of hydrogen-bond acceptors (Lipinski definition) is 3. The molecule has 0 saturated carbocycles. The second-order valence-electron chi connectivity index (χ2n) is 5.44. The fourth-order valence-corrected chi connectivity index (χ4v) is 1.31. The molecule has 0 aliphatic rings. The van der Waals surface area contributed by atoms with Crippen molar-refractivity contribution in [3.05, 3.63) is 24.3 Å². The number of benzene rings is 1. The van der Waals surface area contributed by atoms with Crippen LogP contribution in [0.1, 0.15) is 40.5 Å². The molecule has 0 aliphatic carbocycles. The standard InChI is InChI=1S/C15H23NO2/c1-5-6-11-16-12-7-9-13(10-8-12)18-14(17)15(2,3)4/h7-10,16H,5-6,11H2,1-4H3. The van der Waals surface area contributed by atoms with Crippen LogP contribution in [0.15, 0.2) is 24.3 Å². The monoisotopic (exact) mass is 249 g/mol. The first-order chi connectivity index (χ1) is 8.43. The SMILES string of the molecule is CCCCNc1ccc(OC(=O)C(C)(C)C)cc1. The molecule has 0 atom stereocenters. The minimum Gasteiger partial charge on any atom is -0.426 e. The lowest BCUT2D eigenvalue weighted by molar-refractivity contribution is -0.142. The van der Waals surface area contributed by atoms with Crippen molar-refractivity contribution in [2.24, 2.45) is 5.41 Å². The van der Waals surface area contributed by atoms with Gasteiger partial charge in [0, 0.05) is 12.2 Å². The lowest BCUT2D eigenvalue weighted by Crippen LogP contribution is -2.25. The van der Waals surface area contributed by atoms with E-state index in [1.54, 1.807) is 0 Å². The average molecular weight is 249 g/mol. The molecule has 0 radical (unpaired) electrons. The normalized spacial score (nSPS) is 11.1. The Morgan fingerprint density at radius 1 is 1.22 bits per heavy atom. The van der Waals surface area contributed by atoms with Crippen LogP contribution >= 0.6 is 0 Å². The molecular weight excluding hydrogens is 226 g/mol. The molecular formula is C15H23NO2. The lowest BCUT2D eigenvalue weighted by Gasteiger charge is -2.16. The Morgan fingerprint density at radius 3 is 2.33 bits per heavy atom. The molecule has 0 fully saturated rings. The van der Waals surface area contributed by atoms with Crippen LogP contribution in [-0.2, 0) is 4.79 Å². The van der Waals surface area contributed by atoms with Gasteiger partial charge in [-0.05, 0) is 51.5 Å². The minimum atomic E-state index is -0.474. The second-order valence-corrected chi connectivity index (χ2v) is 5.44. The van der Waals surface area contributed by atoms with Crippen LogP contribution in [0.25, 0.3) is 0 Å². The van der Waals surface area contributed by atoms with Gasteiger partial charge in [0.2, 0.25) is 0 Å². The zero-order valence-electron chi connectivity index (χ0n) is 11.7. The smallest absolute Gasteiger partial charge is 0.316 e. The number of hydrogen-bond donors (Lipinski definition) is 1. The van der Waals surface area contributed by atoms with Gasteiger partial charge in [-0.2, -0.15) is 0 Å². The van der Waals surface area contributed by atoms with E-state index >= 15 is 0 Å². The molecule has 1 aromatic rings. The highest BCUT2D eigenvalue weighted by Gasteiger charge is 2.23. The van der Waals surface area contributed by atoms with Crippen molar-refractivity contribution in [1.82, 2.24) is 0 Å². The summed E-state index contributed by atoms with van der Waals surface area (Å²) in [4.78, 5) is 11.7. The molecule has 0 bridgehead atoms. The molecule has 0 aromatic heterocycles. The molecule has 100 valence electrons. The van der Waals surface area contributed by atoms with Crippen molar-refractivity contribution in [2.45, 2.75) is 40.5 Å². The molecule has 0 unspecified atom stereocenters. The van der Waals surface area contributed by atoms with Gasteiger partial charge in [0.15, 0.2) is 0 Å². The first-order valence-corrected chi connectivity index (χ1v) is 6.49. The van der Waals surface area contributed by atoms with Crippen molar-refractivity contribution in [3.63, 3.8) is 0 Å². The van der Waals surface area contributed by atoms with E-state index in [1.807, 2.05) is 45.0 Å². The third-order valence-corrected chi connectivity index (χ3v) is 2.54. The van der Waals surface area contributed by atoms with Crippen LogP contribution in [0.5, 0.6) is 5.75 Å². The molecule has 0 amide bonds. The summed E-state index contributed by atoms with van der Waals surface area (Å²) in [7, 11) is 0. The van der Waals surface area contributed by atoms with Gasteiger partial charge in [-0.15, -0.1) is 0 Å². The molecule has 18 heavy (non-hydrogen) atoms. The Labute approximate surface area is 110 Å². The zero-order valence-corrected chi connectivity index (χ0v) is 11.7. The maximum atomic E-state index is 11.7. The fraction of sp³-hybridized carbons (Fsp3) is 0.533. The lowest BCUT2D eigenvalue weighted by atomic mass is 9.97. The predicted octanol–water partition coefficient (Wildman–Crippen LogP) is 3.85. The molecule has 0 spiro atoms. The van der Waals surface area contributed by atoms with Crippen LogP contribution in [-0.4, -0.2) is 12.5 Å². The zero-order chi connectivity index (χ0) is 13.6. The summed E-state index contributed by atoms with van der Waals surface area (Å²) < 4.78 is 5.29. The van der Waals surface area contributed by atoms with E-state index in [4.69, 9.17) is 4.74 Å². The van der Waals surface area contributed by atoms with E-state index in [0.29, 0.717) is 5.75 Å². The maximum Gasteiger partial charge on any atom is 0.316 e. The number of unbranched alkanes of at least 4 members (excludes halogenated alkanes) is 1.